The van der Waals surface area contributed by atoms with Crippen LogP contribution in [0.4, 0.5) is 0 Å². The quantitative estimate of drug-likeness (QED) is 0.819. The highest BCUT2D eigenvalue weighted by atomic mass is 16.5. The zero-order valence-corrected chi connectivity index (χ0v) is 15.0. The summed E-state index contributed by atoms with van der Waals surface area (Å²) in [5.74, 6) is 3.49. The summed E-state index contributed by atoms with van der Waals surface area (Å²) in [6.45, 7) is 3.46. The Bertz CT molecular complexity index is 677. The molecule has 0 spiro atoms. The minimum Gasteiger partial charge on any atom is -0.497 e. The van der Waals surface area contributed by atoms with E-state index in [1.165, 1.54) is 38.6 Å². The maximum Gasteiger partial charge on any atom is 0.247 e. The number of likely N-dealkylation sites (tertiary alicyclic amines) is 1. The Kier molecular flexibility index (Phi) is 5.02. The second-order valence-corrected chi connectivity index (χ2v) is 7.42. The van der Waals surface area contributed by atoms with Crippen molar-refractivity contribution in [1.82, 2.24) is 15.1 Å². The van der Waals surface area contributed by atoms with Crippen molar-refractivity contribution in [3.8, 4) is 17.2 Å². The van der Waals surface area contributed by atoms with Gasteiger partial charge in [0, 0.05) is 18.7 Å². The Balaban J connectivity index is 1.37. The van der Waals surface area contributed by atoms with Gasteiger partial charge >= 0.3 is 0 Å². The zero-order valence-electron chi connectivity index (χ0n) is 15.0. The molecule has 0 N–H and O–H groups in total. The Morgan fingerprint density at radius 3 is 2.64 bits per heavy atom. The highest BCUT2D eigenvalue weighted by Gasteiger charge is 2.30. The standard InChI is InChI=1S/C20H27N3O2/c1-24-18-9-7-16(8-10-18)19-21-22-20(25-19)17-11-12-23(14-17)13-15-5-3-2-4-6-15/h7-10,15,17H,2-6,11-14H2,1H3. The normalized spacial score (nSPS) is 22.4. The van der Waals surface area contributed by atoms with Gasteiger partial charge in [-0.15, -0.1) is 10.2 Å². The molecule has 1 aliphatic heterocycles. The number of methoxy groups -OCH3 is 1. The summed E-state index contributed by atoms with van der Waals surface area (Å²) in [4.78, 5) is 2.60. The first-order chi connectivity index (χ1) is 12.3. The Hall–Kier alpha value is -1.88. The van der Waals surface area contributed by atoms with Crippen LogP contribution in [0, 0.1) is 5.92 Å². The molecule has 1 unspecified atom stereocenters. The van der Waals surface area contributed by atoms with Gasteiger partial charge in [-0.2, -0.15) is 0 Å². The van der Waals surface area contributed by atoms with Crippen molar-refractivity contribution in [2.24, 2.45) is 5.92 Å². The first kappa shape index (κ1) is 16.6. The summed E-state index contributed by atoms with van der Waals surface area (Å²) in [6, 6.07) is 7.75. The van der Waals surface area contributed by atoms with E-state index in [0.29, 0.717) is 11.8 Å². The molecule has 134 valence electrons. The molecule has 2 aromatic rings. The molecule has 1 aliphatic carbocycles. The van der Waals surface area contributed by atoms with Crippen molar-refractivity contribution in [2.45, 2.75) is 44.4 Å². The zero-order chi connectivity index (χ0) is 17.1. The molecular weight excluding hydrogens is 314 g/mol. The lowest BCUT2D eigenvalue weighted by atomic mass is 9.89. The maximum absolute atomic E-state index is 5.98. The number of benzene rings is 1. The Morgan fingerprint density at radius 2 is 1.88 bits per heavy atom. The fourth-order valence-electron chi connectivity index (χ4n) is 4.18. The van der Waals surface area contributed by atoms with Gasteiger partial charge in [0.05, 0.1) is 13.0 Å². The summed E-state index contributed by atoms with van der Waals surface area (Å²) in [6.07, 6.45) is 8.19. The number of rotatable bonds is 5. The van der Waals surface area contributed by atoms with Gasteiger partial charge in [-0.05, 0) is 56.0 Å². The summed E-state index contributed by atoms with van der Waals surface area (Å²) >= 11 is 0. The van der Waals surface area contributed by atoms with Crippen molar-refractivity contribution < 1.29 is 9.15 Å². The SMILES string of the molecule is COc1ccc(-c2nnc(C3CCN(CC4CCCCC4)C3)o2)cc1. The number of aromatic nitrogens is 2. The van der Waals surface area contributed by atoms with Crippen LogP contribution < -0.4 is 4.74 Å². The lowest BCUT2D eigenvalue weighted by Crippen LogP contribution is -2.28. The first-order valence-corrected chi connectivity index (χ1v) is 9.52. The molecule has 1 saturated carbocycles. The van der Waals surface area contributed by atoms with E-state index in [-0.39, 0.29) is 0 Å². The molecule has 0 radical (unpaired) electrons. The topological polar surface area (TPSA) is 51.4 Å². The molecule has 25 heavy (non-hydrogen) atoms. The molecule has 4 rings (SSSR count). The molecule has 2 fully saturated rings. The molecule has 1 atom stereocenters. The fourth-order valence-corrected chi connectivity index (χ4v) is 4.18. The minimum absolute atomic E-state index is 0.378. The number of hydrogen-bond acceptors (Lipinski definition) is 5. The van der Waals surface area contributed by atoms with E-state index in [2.05, 4.69) is 15.1 Å². The van der Waals surface area contributed by atoms with Gasteiger partial charge < -0.3 is 14.1 Å². The molecule has 5 heteroatoms. The van der Waals surface area contributed by atoms with Gasteiger partial charge in [0.1, 0.15) is 5.75 Å². The van der Waals surface area contributed by atoms with Crippen molar-refractivity contribution in [3.05, 3.63) is 30.2 Å². The van der Waals surface area contributed by atoms with E-state index in [1.54, 1.807) is 7.11 Å². The molecule has 5 nitrogen and oxygen atoms in total. The molecular formula is C20H27N3O2. The van der Waals surface area contributed by atoms with Crippen LogP contribution in [0.5, 0.6) is 5.75 Å². The van der Waals surface area contributed by atoms with Crippen LogP contribution in [0.1, 0.15) is 50.3 Å². The molecule has 0 bridgehead atoms. The molecule has 2 aliphatic rings. The summed E-state index contributed by atoms with van der Waals surface area (Å²) in [5.41, 5.74) is 0.941. The highest BCUT2D eigenvalue weighted by Crippen LogP contribution is 2.31. The molecule has 2 heterocycles. The van der Waals surface area contributed by atoms with Gasteiger partial charge in [0.2, 0.25) is 11.8 Å². The van der Waals surface area contributed by atoms with Crippen LogP contribution >= 0.6 is 0 Å². The molecule has 1 aromatic carbocycles. The summed E-state index contributed by atoms with van der Waals surface area (Å²) < 4.78 is 11.2. The van der Waals surface area contributed by atoms with Crippen molar-refractivity contribution in [1.29, 1.82) is 0 Å². The van der Waals surface area contributed by atoms with Crippen LogP contribution in [0.2, 0.25) is 0 Å². The highest BCUT2D eigenvalue weighted by molar-refractivity contribution is 5.54. The summed E-state index contributed by atoms with van der Waals surface area (Å²) in [7, 11) is 1.67. The van der Waals surface area contributed by atoms with Crippen LogP contribution in [0.3, 0.4) is 0 Å². The molecule has 1 saturated heterocycles. The number of ether oxygens (including phenoxy) is 1. The third-order valence-electron chi connectivity index (χ3n) is 5.64. The fraction of sp³-hybridized carbons (Fsp3) is 0.600. The lowest BCUT2D eigenvalue weighted by molar-refractivity contribution is 0.230. The van der Waals surface area contributed by atoms with Gasteiger partial charge in [0.15, 0.2) is 0 Å². The third-order valence-corrected chi connectivity index (χ3v) is 5.64. The maximum atomic E-state index is 5.98. The van der Waals surface area contributed by atoms with Crippen LogP contribution in [0.25, 0.3) is 11.5 Å². The van der Waals surface area contributed by atoms with Gasteiger partial charge in [-0.3, -0.25) is 0 Å². The van der Waals surface area contributed by atoms with Gasteiger partial charge in [-0.25, -0.2) is 0 Å². The average Bonchev–Trinajstić information content (AvgIpc) is 3.32. The number of nitrogens with zero attached hydrogens (tertiary/aromatic N) is 3. The van der Waals surface area contributed by atoms with Crippen LogP contribution in [-0.2, 0) is 0 Å². The molecule has 0 amide bonds. The van der Waals surface area contributed by atoms with Gasteiger partial charge in [-0.1, -0.05) is 19.3 Å². The van der Waals surface area contributed by atoms with Crippen molar-refractivity contribution in [3.63, 3.8) is 0 Å². The van der Waals surface area contributed by atoms with E-state index in [9.17, 15) is 0 Å². The van der Waals surface area contributed by atoms with E-state index < -0.39 is 0 Å². The van der Waals surface area contributed by atoms with Crippen molar-refractivity contribution in [2.75, 3.05) is 26.7 Å². The van der Waals surface area contributed by atoms with E-state index >= 15 is 0 Å². The van der Waals surface area contributed by atoms with Crippen LogP contribution in [0.15, 0.2) is 28.7 Å². The van der Waals surface area contributed by atoms with Crippen molar-refractivity contribution >= 4 is 0 Å². The second kappa shape index (κ2) is 7.56. The largest absolute Gasteiger partial charge is 0.497 e. The third kappa shape index (κ3) is 3.87. The predicted octanol–water partition coefficient (Wildman–Crippen LogP) is 4.11. The lowest BCUT2D eigenvalue weighted by Gasteiger charge is -2.26. The predicted molar refractivity (Wildman–Crippen MR) is 96.7 cm³/mol. The average molecular weight is 341 g/mol. The second-order valence-electron chi connectivity index (χ2n) is 7.42. The minimum atomic E-state index is 0.378. The van der Waals surface area contributed by atoms with E-state index in [0.717, 1.165) is 42.6 Å². The Morgan fingerprint density at radius 1 is 1.08 bits per heavy atom. The molecule has 1 aromatic heterocycles. The van der Waals surface area contributed by atoms with Crippen LogP contribution in [-0.4, -0.2) is 41.8 Å². The number of hydrogen-bond donors (Lipinski definition) is 0. The van der Waals surface area contributed by atoms with E-state index in [4.69, 9.17) is 9.15 Å². The smallest absolute Gasteiger partial charge is 0.247 e. The first-order valence-electron chi connectivity index (χ1n) is 9.52. The van der Waals surface area contributed by atoms with Gasteiger partial charge in [0.25, 0.3) is 0 Å². The summed E-state index contributed by atoms with van der Waals surface area (Å²) in [5, 5.41) is 8.58. The van der Waals surface area contributed by atoms with E-state index in [1.807, 2.05) is 24.3 Å². The Labute approximate surface area is 149 Å². The monoisotopic (exact) mass is 341 g/mol.